The van der Waals surface area contributed by atoms with Gasteiger partial charge in [-0.3, -0.25) is 0 Å². The first-order valence-corrected chi connectivity index (χ1v) is 7.89. The number of rotatable bonds is 6. The Hall–Kier alpha value is -0.410. The van der Waals surface area contributed by atoms with Crippen molar-refractivity contribution in [2.75, 3.05) is 6.54 Å². The molecule has 1 N–H and O–H groups in total. The number of hydrogen-bond donors (Lipinski definition) is 1. The Morgan fingerprint density at radius 2 is 2.00 bits per heavy atom. The third-order valence-electron chi connectivity index (χ3n) is 3.18. The maximum absolute atomic E-state index is 4.79. The number of nitrogens with zero attached hydrogens (tertiary/aromatic N) is 1. The number of hydrogen-bond acceptors (Lipinski definition) is 3. The summed E-state index contributed by atoms with van der Waals surface area (Å²) in [5.74, 6) is 0.700. The molecule has 0 saturated carbocycles. The van der Waals surface area contributed by atoms with Crippen LogP contribution < -0.4 is 5.32 Å². The summed E-state index contributed by atoms with van der Waals surface area (Å²) in [4.78, 5) is 4.79. The lowest BCUT2D eigenvalue weighted by Crippen LogP contribution is -2.29. The van der Waals surface area contributed by atoms with Gasteiger partial charge in [0.15, 0.2) is 0 Å². The Balaban J connectivity index is 2.57. The van der Waals surface area contributed by atoms with Crippen LogP contribution in [0.15, 0.2) is 5.38 Å². The Kier molecular flexibility index (Phi) is 5.80. The van der Waals surface area contributed by atoms with Crippen molar-refractivity contribution in [2.24, 2.45) is 5.92 Å². The molecule has 0 aliphatic rings. The minimum absolute atomic E-state index is 0.173. The van der Waals surface area contributed by atoms with E-state index in [2.05, 4.69) is 52.2 Å². The van der Waals surface area contributed by atoms with Gasteiger partial charge in [0.2, 0.25) is 0 Å². The summed E-state index contributed by atoms with van der Waals surface area (Å²) in [5.41, 5.74) is 1.40. The first kappa shape index (κ1) is 15.6. The molecule has 1 heterocycles. The van der Waals surface area contributed by atoms with E-state index in [0.29, 0.717) is 12.0 Å². The minimum Gasteiger partial charge on any atom is -0.314 e. The summed E-state index contributed by atoms with van der Waals surface area (Å²) in [7, 11) is 0. The summed E-state index contributed by atoms with van der Waals surface area (Å²) in [5, 5.41) is 7.04. The molecular weight excluding hydrogens is 240 g/mol. The van der Waals surface area contributed by atoms with Gasteiger partial charge in [0.1, 0.15) is 0 Å². The SMILES string of the molecule is CCC(CNC(C)C)Cc1nc(C(C)(C)C)cs1. The van der Waals surface area contributed by atoms with Crippen molar-refractivity contribution in [3.63, 3.8) is 0 Å². The molecule has 0 bridgehead atoms. The molecule has 0 aromatic carbocycles. The van der Waals surface area contributed by atoms with Gasteiger partial charge < -0.3 is 5.32 Å². The van der Waals surface area contributed by atoms with E-state index in [-0.39, 0.29) is 5.41 Å². The van der Waals surface area contributed by atoms with Gasteiger partial charge in [-0.2, -0.15) is 0 Å². The monoisotopic (exact) mass is 268 g/mol. The topological polar surface area (TPSA) is 24.9 Å². The summed E-state index contributed by atoms with van der Waals surface area (Å²) < 4.78 is 0. The molecule has 2 nitrogen and oxygen atoms in total. The first-order chi connectivity index (χ1) is 8.32. The molecule has 0 aliphatic heterocycles. The van der Waals surface area contributed by atoms with Crippen molar-refractivity contribution in [1.82, 2.24) is 10.3 Å². The van der Waals surface area contributed by atoms with Crippen LogP contribution in [0.4, 0.5) is 0 Å². The average Bonchev–Trinajstić information content (AvgIpc) is 2.71. The molecule has 1 atom stereocenters. The van der Waals surface area contributed by atoms with E-state index in [1.54, 1.807) is 0 Å². The van der Waals surface area contributed by atoms with Crippen LogP contribution >= 0.6 is 11.3 Å². The molecule has 0 amide bonds. The van der Waals surface area contributed by atoms with Crippen LogP contribution in [0.3, 0.4) is 0 Å². The van der Waals surface area contributed by atoms with Crippen LogP contribution in [-0.4, -0.2) is 17.6 Å². The van der Waals surface area contributed by atoms with Gasteiger partial charge in [0, 0.05) is 23.3 Å². The van der Waals surface area contributed by atoms with E-state index >= 15 is 0 Å². The van der Waals surface area contributed by atoms with E-state index in [0.717, 1.165) is 13.0 Å². The molecule has 0 fully saturated rings. The average molecular weight is 268 g/mol. The predicted octanol–water partition coefficient (Wildman–Crippen LogP) is 4.01. The zero-order chi connectivity index (χ0) is 13.8. The molecule has 0 spiro atoms. The van der Waals surface area contributed by atoms with Gasteiger partial charge in [0.05, 0.1) is 10.7 Å². The molecule has 3 heteroatoms. The van der Waals surface area contributed by atoms with Crippen LogP contribution in [-0.2, 0) is 11.8 Å². The van der Waals surface area contributed by atoms with Crippen molar-refractivity contribution in [2.45, 2.75) is 65.8 Å². The fraction of sp³-hybridized carbons (Fsp3) is 0.800. The fourth-order valence-corrected chi connectivity index (χ4v) is 2.90. The van der Waals surface area contributed by atoms with Gasteiger partial charge in [-0.15, -0.1) is 11.3 Å². The lowest BCUT2D eigenvalue weighted by atomic mass is 9.93. The van der Waals surface area contributed by atoms with Crippen molar-refractivity contribution >= 4 is 11.3 Å². The van der Waals surface area contributed by atoms with Crippen molar-refractivity contribution in [3.05, 3.63) is 16.1 Å². The third-order valence-corrected chi connectivity index (χ3v) is 4.05. The fourth-order valence-electron chi connectivity index (χ4n) is 1.76. The largest absolute Gasteiger partial charge is 0.314 e. The van der Waals surface area contributed by atoms with E-state index in [1.807, 2.05) is 11.3 Å². The number of nitrogens with one attached hydrogen (secondary N) is 1. The van der Waals surface area contributed by atoms with E-state index in [9.17, 15) is 0 Å². The molecular formula is C15H28N2S. The Morgan fingerprint density at radius 3 is 2.44 bits per heavy atom. The smallest absolute Gasteiger partial charge is 0.0931 e. The van der Waals surface area contributed by atoms with Crippen LogP contribution in [0.25, 0.3) is 0 Å². The lowest BCUT2D eigenvalue weighted by molar-refractivity contribution is 0.434. The second kappa shape index (κ2) is 6.67. The predicted molar refractivity (Wildman–Crippen MR) is 81.4 cm³/mol. The zero-order valence-corrected chi connectivity index (χ0v) is 13.5. The highest BCUT2D eigenvalue weighted by Gasteiger charge is 2.18. The summed E-state index contributed by atoms with van der Waals surface area (Å²) in [6.07, 6.45) is 2.32. The molecule has 0 aliphatic carbocycles. The Labute approximate surface area is 116 Å². The molecule has 1 aromatic rings. The van der Waals surface area contributed by atoms with Gasteiger partial charge in [-0.05, 0) is 12.5 Å². The van der Waals surface area contributed by atoms with Gasteiger partial charge in [0.25, 0.3) is 0 Å². The standard InChI is InChI=1S/C15H28N2S/c1-7-12(9-16-11(2)3)8-14-17-13(10-18-14)15(4,5)6/h10-12,16H,7-9H2,1-6H3. The molecule has 104 valence electrons. The summed E-state index contributed by atoms with van der Waals surface area (Å²) in [6.45, 7) is 14.4. The normalized spacial score (nSPS) is 14.2. The van der Waals surface area contributed by atoms with Gasteiger partial charge >= 0.3 is 0 Å². The van der Waals surface area contributed by atoms with E-state index in [1.165, 1.54) is 17.1 Å². The van der Waals surface area contributed by atoms with E-state index in [4.69, 9.17) is 4.98 Å². The second-order valence-electron chi connectivity index (χ2n) is 6.42. The molecule has 0 radical (unpaired) electrons. The quantitative estimate of drug-likeness (QED) is 0.843. The van der Waals surface area contributed by atoms with Crippen molar-refractivity contribution in [3.8, 4) is 0 Å². The second-order valence-corrected chi connectivity index (χ2v) is 7.36. The summed E-state index contributed by atoms with van der Waals surface area (Å²) >= 11 is 1.82. The van der Waals surface area contributed by atoms with Crippen LogP contribution in [0, 0.1) is 5.92 Å². The molecule has 1 unspecified atom stereocenters. The highest BCUT2D eigenvalue weighted by Crippen LogP contribution is 2.25. The molecule has 18 heavy (non-hydrogen) atoms. The molecule has 0 saturated heterocycles. The first-order valence-electron chi connectivity index (χ1n) is 7.01. The number of aromatic nitrogens is 1. The van der Waals surface area contributed by atoms with Gasteiger partial charge in [-0.25, -0.2) is 4.98 Å². The van der Waals surface area contributed by atoms with Crippen molar-refractivity contribution in [1.29, 1.82) is 0 Å². The van der Waals surface area contributed by atoms with Crippen LogP contribution in [0.1, 0.15) is 58.7 Å². The maximum Gasteiger partial charge on any atom is 0.0931 e. The van der Waals surface area contributed by atoms with Crippen molar-refractivity contribution < 1.29 is 0 Å². The summed E-state index contributed by atoms with van der Waals surface area (Å²) in [6, 6.07) is 0.570. The van der Waals surface area contributed by atoms with Crippen LogP contribution in [0.2, 0.25) is 0 Å². The number of thiazole rings is 1. The van der Waals surface area contributed by atoms with E-state index < -0.39 is 0 Å². The molecule has 1 aromatic heterocycles. The lowest BCUT2D eigenvalue weighted by Gasteiger charge is -2.17. The Bertz CT molecular complexity index is 350. The van der Waals surface area contributed by atoms with Crippen LogP contribution in [0.5, 0.6) is 0 Å². The Morgan fingerprint density at radius 1 is 1.33 bits per heavy atom. The maximum atomic E-state index is 4.79. The molecule has 1 rings (SSSR count). The van der Waals surface area contributed by atoms with Gasteiger partial charge in [-0.1, -0.05) is 48.0 Å². The zero-order valence-electron chi connectivity index (χ0n) is 12.7. The minimum atomic E-state index is 0.173. The highest BCUT2D eigenvalue weighted by molar-refractivity contribution is 7.09. The third kappa shape index (κ3) is 5.07. The highest BCUT2D eigenvalue weighted by atomic mass is 32.1.